The second-order valence-electron chi connectivity index (χ2n) is 6.19. The predicted molar refractivity (Wildman–Crippen MR) is 102 cm³/mol. The van der Waals surface area contributed by atoms with Crippen LogP contribution in [0, 0.1) is 6.92 Å². The van der Waals surface area contributed by atoms with Gasteiger partial charge in [0.05, 0.1) is 6.54 Å². The Hall–Kier alpha value is -3.35. The van der Waals surface area contributed by atoms with Crippen LogP contribution in [-0.4, -0.2) is 35.5 Å². The van der Waals surface area contributed by atoms with Gasteiger partial charge in [0.1, 0.15) is 17.1 Å². The maximum absolute atomic E-state index is 12.4. The maximum Gasteiger partial charge on any atom is 0.246 e. The Morgan fingerprint density at radius 3 is 2.78 bits per heavy atom. The van der Waals surface area contributed by atoms with Gasteiger partial charge in [-0.05, 0) is 19.1 Å². The zero-order chi connectivity index (χ0) is 19.4. The number of carbonyl (C=O) groups is 2. The Morgan fingerprint density at radius 2 is 2.07 bits per heavy atom. The van der Waals surface area contributed by atoms with Gasteiger partial charge >= 0.3 is 0 Å². The molecule has 0 aliphatic rings. The zero-order valence-electron chi connectivity index (χ0n) is 15.5. The third kappa shape index (κ3) is 4.25. The van der Waals surface area contributed by atoms with Crippen LogP contribution in [0.5, 0.6) is 0 Å². The van der Waals surface area contributed by atoms with Gasteiger partial charge in [-0.3, -0.25) is 9.59 Å². The highest BCUT2D eigenvalue weighted by atomic mass is 16.5. The quantitative estimate of drug-likeness (QED) is 0.675. The highest BCUT2D eigenvalue weighted by Gasteiger charge is 2.14. The van der Waals surface area contributed by atoms with Crippen molar-refractivity contribution in [2.24, 2.45) is 0 Å². The number of furan rings is 1. The number of fused-ring (bicyclic) bond motifs is 1. The van der Waals surface area contributed by atoms with Crippen LogP contribution in [0.4, 0.5) is 5.82 Å². The van der Waals surface area contributed by atoms with E-state index in [2.05, 4.69) is 10.5 Å². The van der Waals surface area contributed by atoms with Crippen molar-refractivity contribution in [3.8, 4) is 0 Å². The zero-order valence-corrected chi connectivity index (χ0v) is 15.5. The summed E-state index contributed by atoms with van der Waals surface area (Å²) in [6.07, 6.45) is 3.91. The Morgan fingerprint density at radius 1 is 1.30 bits per heavy atom. The van der Waals surface area contributed by atoms with Crippen LogP contribution in [0.1, 0.15) is 24.0 Å². The van der Waals surface area contributed by atoms with Crippen molar-refractivity contribution in [3.63, 3.8) is 0 Å². The Bertz CT molecular complexity index is 1000. The van der Waals surface area contributed by atoms with Gasteiger partial charge in [0.2, 0.25) is 11.8 Å². The molecule has 3 rings (SSSR count). The number of aromatic nitrogens is 1. The molecule has 2 heterocycles. The van der Waals surface area contributed by atoms with E-state index < -0.39 is 0 Å². The summed E-state index contributed by atoms with van der Waals surface area (Å²) >= 11 is 0. The Balaban J connectivity index is 1.66. The monoisotopic (exact) mass is 367 g/mol. The van der Waals surface area contributed by atoms with Crippen molar-refractivity contribution in [2.45, 2.75) is 20.3 Å². The number of nitrogens with zero attached hydrogens (tertiary/aromatic N) is 2. The number of nitrogens with one attached hydrogen (secondary N) is 1. The summed E-state index contributed by atoms with van der Waals surface area (Å²) in [5, 5.41) is 7.23. The number of benzene rings is 1. The summed E-state index contributed by atoms with van der Waals surface area (Å²) in [4.78, 5) is 25.7. The first-order valence-electron chi connectivity index (χ1n) is 8.64. The number of carbonyl (C=O) groups excluding carboxylic acids is 2. The third-order valence-corrected chi connectivity index (χ3v) is 4.08. The van der Waals surface area contributed by atoms with Gasteiger partial charge in [-0.2, -0.15) is 0 Å². The molecule has 0 fully saturated rings. The standard InChI is InChI=1S/C20H21N3O4/c1-4-16-15(14-7-5-6-8-17(14)26-16)9-10-20(25)23(3)12-19(24)21-18-11-13(2)27-22-18/h5-11H,4,12H2,1-3H3,(H,21,22,24)/b10-9+. The summed E-state index contributed by atoms with van der Waals surface area (Å²) in [5.74, 6) is 1.11. The molecule has 7 nitrogen and oxygen atoms in total. The van der Waals surface area contributed by atoms with E-state index in [0.717, 1.165) is 28.7 Å². The second-order valence-corrected chi connectivity index (χ2v) is 6.19. The summed E-state index contributed by atoms with van der Waals surface area (Å²) in [6.45, 7) is 3.63. The summed E-state index contributed by atoms with van der Waals surface area (Å²) < 4.78 is 10.7. The predicted octanol–water partition coefficient (Wildman–Crippen LogP) is 3.40. The first-order valence-corrected chi connectivity index (χ1v) is 8.64. The van der Waals surface area contributed by atoms with E-state index in [9.17, 15) is 9.59 Å². The Labute approximate surface area is 156 Å². The van der Waals surface area contributed by atoms with Crippen molar-refractivity contribution in [1.29, 1.82) is 0 Å². The minimum atomic E-state index is -0.351. The highest BCUT2D eigenvalue weighted by Crippen LogP contribution is 2.27. The Kier molecular flexibility index (Phi) is 5.40. The van der Waals surface area contributed by atoms with Crippen LogP contribution in [-0.2, 0) is 16.0 Å². The number of amides is 2. The molecule has 0 radical (unpaired) electrons. The molecule has 0 unspecified atom stereocenters. The molecule has 2 aromatic heterocycles. The van der Waals surface area contributed by atoms with E-state index in [4.69, 9.17) is 8.94 Å². The molecule has 140 valence electrons. The molecule has 0 saturated carbocycles. The molecular formula is C20H21N3O4. The van der Waals surface area contributed by atoms with Crippen LogP contribution in [0.15, 0.2) is 45.3 Å². The minimum Gasteiger partial charge on any atom is -0.460 e. The fourth-order valence-electron chi connectivity index (χ4n) is 2.74. The van der Waals surface area contributed by atoms with Gasteiger partial charge in [-0.25, -0.2) is 0 Å². The van der Waals surface area contributed by atoms with Crippen LogP contribution in [0.3, 0.4) is 0 Å². The lowest BCUT2D eigenvalue weighted by Gasteiger charge is -2.13. The lowest BCUT2D eigenvalue weighted by molar-refractivity contribution is -0.129. The van der Waals surface area contributed by atoms with E-state index in [1.54, 1.807) is 26.1 Å². The number of rotatable bonds is 6. The fraction of sp³-hybridized carbons (Fsp3) is 0.250. The number of para-hydroxylation sites is 1. The smallest absolute Gasteiger partial charge is 0.246 e. The maximum atomic E-state index is 12.4. The van der Waals surface area contributed by atoms with Gasteiger partial charge < -0.3 is 19.2 Å². The lowest BCUT2D eigenvalue weighted by atomic mass is 10.1. The highest BCUT2D eigenvalue weighted by molar-refractivity contribution is 5.99. The van der Waals surface area contributed by atoms with Crippen molar-refractivity contribution in [3.05, 3.63) is 53.5 Å². The third-order valence-electron chi connectivity index (χ3n) is 4.08. The molecule has 7 heteroatoms. The average molecular weight is 367 g/mol. The topological polar surface area (TPSA) is 88.6 Å². The van der Waals surface area contributed by atoms with Gasteiger partial charge in [0.15, 0.2) is 5.82 Å². The van der Waals surface area contributed by atoms with Gasteiger partial charge in [-0.15, -0.1) is 0 Å². The first-order chi connectivity index (χ1) is 13.0. The van der Waals surface area contributed by atoms with E-state index in [1.807, 2.05) is 31.2 Å². The summed E-state index contributed by atoms with van der Waals surface area (Å²) in [5.41, 5.74) is 1.68. The van der Waals surface area contributed by atoms with Crippen molar-refractivity contribution >= 4 is 34.7 Å². The largest absolute Gasteiger partial charge is 0.460 e. The molecule has 1 N–H and O–H groups in total. The lowest BCUT2D eigenvalue weighted by Crippen LogP contribution is -2.33. The van der Waals surface area contributed by atoms with Gasteiger partial charge in [0, 0.05) is 36.6 Å². The normalized spacial score (nSPS) is 11.2. The van der Waals surface area contributed by atoms with Crippen molar-refractivity contribution in [1.82, 2.24) is 10.1 Å². The molecule has 27 heavy (non-hydrogen) atoms. The molecule has 0 aliphatic heterocycles. The molecule has 0 aliphatic carbocycles. The molecule has 0 saturated heterocycles. The number of hydrogen-bond acceptors (Lipinski definition) is 5. The van der Waals surface area contributed by atoms with E-state index in [-0.39, 0.29) is 18.4 Å². The summed E-state index contributed by atoms with van der Waals surface area (Å²) in [6, 6.07) is 9.30. The molecule has 0 atom stereocenters. The molecule has 2 amide bonds. The van der Waals surface area contributed by atoms with E-state index in [1.165, 1.54) is 11.0 Å². The van der Waals surface area contributed by atoms with Crippen molar-refractivity contribution in [2.75, 3.05) is 18.9 Å². The van der Waals surface area contributed by atoms with E-state index >= 15 is 0 Å². The number of hydrogen-bond donors (Lipinski definition) is 1. The molecule has 1 aromatic carbocycles. The molecule has 0 bridgehead atoms. The number of likely N-dealkylation sites (N-methyl/N-ethyl adjacent to an activating group) is 1. The minimum absolute atomic E-state index is 0.0954. The van der Waals surface area contributed by atoms with Crippen LogP contribution in [0.2, 0.25) is 0 Å². The summed E-state index contributed by atoms with van der Waals surface area (Å²) in [7, 11) is 1.56. The van der Waals surface area contributed by atoms with Crippen LogP contribution in [0.25, 0.3) is 17.0 Å². The van der Waals surface area contributed by atoms with Gasteiger partial charge in [-0.1, -0.05) is 30.3 Å². The average Bonchev–Trinajstić information content (AvgIpc) is 3.22. The van der Waals surface area contributed by atoms with Crippen molar-refractivity contribution < 1.29 is 18.5 Å². The van der Waals surface area contributed by atoms with Crippen LogP contribution >= 0.6 is 0 Å². The first kappa shape index (κ1) is 18.4. The number of aryl methyl sites for hydroxylation is 2. The number of anilines is 1. The fourth-order valence-corrected chi connectivity index (χ4v) is 2.74. The van der Waals surface area contributed by atoms with Gasteiger partial charge in [0.25, 0.3) is 0 Å². The van der Waals surface area contributed by atoms with Crippen LogP contribution < -0.4 is 5.32 Å². The second kappa shape index (κ2) is 7.90. The SMILES string of the molecule is CCc1oc2ccccc2c1/C=C/C(=O)N(C)CC(=O)Nc1cc(C)on1. The molecular weight excluding hydrogens is 346 g/mol. The van der Waals surface area contributed by atoms with E-state index in [0.29, 0.717) is 11.6 Å². The molecule has 0 spiro atoms. The molecule has 3 aromatic rings.